The number of hydrogen-bond acceptors (Lipinski definition) is 4. The maximum absolute atomic E-state index is 11.0. The summed E-state index contributed by atoms with van der Waals surface area (Å²) in [5, 5.41) is 20.0. The van der Waals surface area contributed by atoms with Crippen molar-refractivity contribution in [2.45, 2.75) is 20.4 Å². The van der Waals surface area contributed by atoms with Crippen molar-refractivity contribution in [3.8, 4) is 0 Å². The predicted octanol–water partition coefficient (Wildman–Crippen LogP) is 2.90. The largest absolute Gasteiger partial charge is 0.480 e. The maximum atomic E-state index is 11.0. The summed E-state index contributed by atoms with van der Waals surface area (Å²) in [7, 11) is 0. The lowest BCUT2D eigenvalue weighted by atomic mass is 10.1. The first-order valence-corrected chi connectivity index (χ1v) is 6.96. The van der Waals surface area contributed by atoms with Crippen LogP contribution < -0.4 is 0 Å². The zero-order chi connectivity index (χ0) is 15.3. The second-order valence-corrected chi connectivity index (χ2v) is 5.90. The Hall–Kier alpha value is -1.47. The fraction of sp³-hybridized carbons (Fsp3) is 0.462. The highest BCUT2D eigenvalue weighted by atomic mass is 79.9. The summed E-state index contributed by atoms with van der Waals surface area (Å²) in [5.74, 6) is -0.658. The van der Waals surface area contributed by atoms with Crippen molar-refractivity contribution in [3.05, 3.63) is 38.3 Å². The first kappa shape index (κ1) is 16.6. The summed E-state index contributed by atoms with van der Waals surface area (Å²) in [6.07, 6.45) is 0. The molecule has 0 radical (unpaired) electrons. The van der Waals surface area contributed by atoms with Crippen molar-refractivity contribution in [1.29, 1.82) is 0 Å². The zero-order valence-electron chi connectivity index (χ0n) is 11.4. The average molecular weight is 345 g/mol. The first-order chi connectivity index (χ1) is 9.29. The van der Waals surface area contributed by atoms with Crippen LogP contribution in [-0.4, -0.2) is 34.0 Å². The van der Waals surface area contributed by atoms with E-state index in [1.165, 1.54) is 6.07 Å². The minimum Gasteiger partial charge on any atom is -0.480 e. The fourth-order valence-electron chi connectivity index (χ4n) is 1.97. The van der Waals surface area contributed by atoms with Gasteiger partial charge in [0, 0.05) is 29.2 Å². The smallest absolute Gasteiger partial charge is 0.317 e. The quantitative estimate of drug-likeness (QED) is 0.607. The molecular weight excluding hydrogens is 328 g/mol. The van der Waals surface area contributed by atoms with E-state index in [9.17, 15) is 14.9 Å². The van der Waals surface area contributed by atoms with E-state index >= 15 is 0 Å². The van der Waals surface area contributed by atoms with Crippen LogP contribution in [0.25, 0.3) is 0 Å². The molecule has 0 aliphatic carbocycles. The number of benzene rings is 1. The number of nitrogens with zero attached hydrogens (tertiary/aromatic N) is 2. The Kier molecular flexibility index (Phi) is 6.09. The minimum atomic E-state index is -0.939. The molecule has 0 atom stereocenters. The van der Waals surface area contributed by atoms with Crippen molar-refractivity contribution in [2.24, 2.45) is 5.92 Å². The standard InChI is InChI=1S/C13H17BrN2O4/c1-9(2)6-15(8-13(17)18)7-10-3-4-11(14)5-12(10)16(19)20/h3-5,9H,6-8H2,1-2H3,(H,17,18). The van der Waals surface area contributed by atoms with Gasteiger partial charge in [-0.05, 0) is 18.1 Å². The monoisotopic (exact) mass is 344 g/mol. The van der Waals surface area contributed by atoms with Gasteiger partial charge in [-0.1, -0.05) is 29.8 Å². The highest BCUT2D eigenvalue weighted by Gasteiger charge is 2.19. The third-order valence-electron chi connectivity index (χ3n) is 2.62. The van der Waals surface area contributed by atoms with Crippen LogP contribution in [0.2, 0.25) is 0 Å². The number of nitro groups is 1. The molecule has 0 aromatic heterocycles. The summed E-state index contributed by atoms with van der Waals surface area (Å²) >= 11 is 3.20. The summed E-state index contributed by atoms with van der Waals surface area (Å²) in [6.45, 7) is 4.63. The van der Waals surface area contributed by atoms with Crippen LogP contribution in [0.5, 0.6) is 0 Å². The highest BCUT2D eigenvalue weighted by Crippen LogP contribution is 2.25. The number of aliphatic carboxylic acids is 1. The first-order valence-electron chi connectivity index (χ1n) is 6.16. The molecule has 0 spiro atoms. The minimum absolute atomic E-state index is 0.00137. The van der Waals surface area contributed by atoms with Gasteiger partial charge in [-0.25, -0.2) is 0 Å². The average Bonchev–Trinajstić information content (AvgIpc) is 2.29. The van der Waals surface area contributed by atoms with Gasteiger partial charge < -0.3 is 5.11 Å². The molecule has 0 aliphatic heterocycles. The molecule has 0 unspecified atom stereocenters. The molecule has 0 heterocycles. The Labute approximate surface area is 125 Å². The molecular formula is C13H17BrN2O4. The summed E-state index contributed by atoms with van der Waals surface area (Å²) in [6, 6.07) is 4.80. The summed E-state index contributed by atoms with van der Waals surface area (Å²) in [4.78, 5) is 23.2. The van der Waals surface area contributed by atoms with Gasteiger partial charge in [-0.2, -0.15) is 0 Å². The van der Waals surface area contributed by atoms with E-state index in [-0.39, 0.29) is 24.7 Å². The fourth-order valence-corrected chi connectivity index (χ4v) is 2.32. The molecule has 1 aromatic rings. The molecule has 0 amide bonds. The second kappa shape index (κ2) is 7.35. The number of rotatable bonds is 7. The lowest BCUT2D eigenvalue weighted by Crippen LogP contribution is -2.32. The zero-order valence-corrected chi connectivity index (χ0v) is 13.0. The van der Waals surface area contributed by atoms with Crippen molar-refractivity contribution in [2.75, 3.05) is 13.1 Å². The van der Waals surface area contributed by atoms with Crippen molar-refractivity contribution < 1.29 is 14.8 Å². The Morgan fingerprint density at radius 2 is 2.15 bits per heavy atom. The number of carboxylic acids is 1. The third kappa shape index (κ3) is 5.26. The molecule has 7 heteroatoms. The van der Waals surface area contributed by atoms with Crippen LogP contribution in [0.4, 0.5) is 5.69 Å². The molecule has 0 fully saturated rings. The second-order valence-electron chi connectivity index (χ2n) is 4.99. The van der Waals surface area contributed by atoms with Crippen molar-refractivity contribution >= 4 is 27.6 Å². The van der Waals surface area contributed by atoms with Gasteiger partial charge in [0.2, 0.25) is 0 Å². The molecule has 1 aromatic carbocycles. The Balaban J connectivity index is 2.97. The molecule has 1 N–H and O–H groups in total. The molecule has 0 bridgehead atoms. The number of nitro benzene ring substituents is 1. The lowest BCUT2D eigenvalue weighted by Gasteiger charge is -2.22. The van der Waals surface area contributed by atoms with Gasteiger partial charge in [0.15, 0.2) is 0 Å². The van der Waals surface area contributed by atoms with E-state index in [0.29, 0.717) is 16.6 Å². The van der Waals surface area contributed by atoms with Crippen LogP contribution in [0.3, 0.4) is 0 Å². The van der Waals surface area contributed by atoms with Crippen LogP contribution in [0.1, 0.15) is 19.4 Å². The predicted molar refractivity (Wildman–Crippen MR) is 78.5 cm³/mol. The van der Waals surface area contributed by atoms with E-state index in [1.54, 1.807) is 17.0 Å². The SMILES string of the molecule is CC(C)CN(CC(=O)O)Cc1ccc(Br)cc1[N+](=O)[O-]. The third-order valence-corrected chi connectivity index (χ3v) is 3.11. The number of halogens is 1. The molecule has 0 saturated carbocycles. The van der Waals surface area contributed by atoms with Gasteiger partial charge in [0.05, 0.1) is 11.5 Å². The van der Waals surface area contributed by atoms with Gasteiger partial charge in [0.1, 0.15) is 0 Å². The topological polar surface area (TPSA) is 83.7 Å². The Bertz CT molecular complexity index is 505. The van der Waals surface area contributed by atoms with E-state index in [2.05, 4.69) is 15.9 Å². The lowest BCUT2D eigenvalue weighted by molar-refractivity contribution is -0.385. The number of hydrogen-bond donors (Lipinski definition) is 1. The highest BCUT2D eigenvalue weighted by molar-refractivity contribution is 9.10. The molecule has 0 saturated heterocycles. The summed E-state index contributed by atoms with van der Waals surface area (Å²) < 4.78 is 0.626. The number of carbonyl (C=O) groups is 1. The van der Waals surface area contributed by atoms with Crippen LogP contribution >= 0.6 is 15.9 Å². The van der Waals surface area contributed by atoms with Gasteiger partial charge in [-0.15, -0.1) is 0 Å². The molecule has 0 aliphatic rings. The molecule has 6 nitrogen and oxygen atoms in total. The van der Waals surface area contributed by atoms with Crippen LogP contribution in [0.15, 0.2) is 22.7 Å². The normalized spacial score (nSPS) is 11.1. The summed E-state index contributed by atoms with van der Waals surface area (Å²) in [5.41, 5.74) is 0.513. The number of carboxylic acid groups (broad SMARTS) is 1. The van der Waals surface area contributed by atoms with Crippen molar-refractivity contribution in [3.63, 3.8) is 0 Å². The van der Waals surface area contributed by atoms with E-state index in [4.69, 9.17) is 5.11 Å². The maximum Gasteiger partial charge on any atom is 0.317 e. The Morgan fingerprint density at radius 1 is 1.50 bits per heavy atom. The molecule has 1 rings (SSSR count). The van der Waals surface area contributed by atoms with E-state index in [1.807, 2.05) is 13.8 Å². The van der Waals surface area contributed by atoms with Gasteiger partial charge in [0.25, 0.3) is 5.69 Å². The molecule has 20 heavy (non-hydrogen) atoms. The Morgan fingerprint density at radius 3 is 2.65 bits per heavy atom. The van der Waals surface area contributed by atoms with Crippen molar-refractivity contribution in [1.82, 2.24) is 4.90 Å². The van der Waals surface area contributed by atoms with Crippen LogP contribution in [-0.2, 0) is 11.3 Å². The van der Waals surface area contributed by atoms with E-state index in [0.717, 1.165) is 0 Å². The van der Waals surface area contributed by atoms with Crippen LogP contribution in [0, 0.1) is 16.0 Å². The van der Waals surface area contributed by atoms with Gasteiger partial charge in [-0.3, -0.25) is 19.8 Å². The molecule has 110 valence electrons. The van der Waals surface area contributed by atoms with E-state index < -0.39 is 10.9 Å². The van der Waals surface area contributed by atoms with Gasteiger partial charge >= 0.3 is 5.97 Å².